The number of rotatable bonds is 8. The topological polar surface area (TPSA) is 56.3 Å². The van der Waals surface area contributed by atoms with Crippen LogP contribution in [0.25, 0.3) is 11.3 Å². The molecule has 0 unspecified atom stereocenters. The van der Waals surface area contributed by atoms with Gasteiger partial charge < -0.3 is 15.4 Å². The molecule has 0 fully saturated rings. The van der Waals surface area contributed by atoms with Crippen LogP contribution in [0.2, 0.25) is 0 Å². The number of methoxy groups -OCH3 is 1. The minimum Gasteiger partial charge on any atom is -0.383 e. The van der Waals surface area contributed by atoms with Crippen molar-refractivity contribution in [3.8, 4) is 11.3 Å². The van der Waals surface area contributed by atoms with E-state index in [1.54, 1.807) is 19.2 Å². The maximum Gasteiger partial charge on any atom is 0.123 e. The maximum absolute atomic E-state index is 13.1. The Kier molecular flexibility index (Phi) is 6.06. The average Bonchev–Trinajstić information content (AvgIpc) is 2.89. The summed E-state index contributed by atoms with van der Waals surface area (Å²) in [7, 11) is 3.69. The molecule has 0 atom stereocenters. The Morgan fingerprint density at radius 1 is 1.32 bits per heavy atom. The number of nitrogens with zero attached hydrogens (tertiary/aromatic N) is 3. The van der Waals surface area contributed by atoms with Gasteiger partial charge in [0.05, 0.1) is 18.8 Å². The van der Waals surface area contributed by atoms with Crippen molar-refractivity contribution in [2.45, 2.75) is 13.1 Å². The minimum atomic E-state index is -0.246. The molecule has 2 aromatic rings. The number of aromatic nitrogens is 2. The summed E-state index contributed by atoms with van der Waals surface area (Å²) in [5, 5.41) is 4.62. The summed E-state index contributed by atoms with van der Waals surface area (Å²) in [5.41, 5.74) is 8.48. The second-order valence-corrected chi connectivity index (χ2v) is 5.29. The molecule has 0 spiro atoms. The third kappa shape index (κ3) is 4.37. The fourth-order valence-corrected chi connectivity index (χ4v) is 2.32. The molecule has 2 N–H and O–H groups in total. The van der Waals surface area contributed by atoms with Gasteiger partial charge in [-0.3, -0.25) is 4.68 Å². The van der Waals surface area contributed by atoms with Gasteiger partial charge >= 0.3 is 0 Å². The summed E-state index contributed by atoms with van der Waals surface area (Å²) in [6.07, 6.45) is 2.02. The van der Waals surface area contributed by atoms with Crippen LogP contribution in [0.3, 0.4) is 0 Å². The third-order valence-corrected chi connectivity index (χ3v) is 3.43. The highest BCUT2D eigenvalue weighted by molar-refractivity contribution is 5.62. The zero-order valence-electron chi connectivity index (χ0n) is 13.1. The summed E-state index contributed by atoms with van der Waals surface area (Å²) >= 11 is 0. The third-order valence-electron chi connectivity index (χ3n) is 3.43. The van der Waals surface area contributed by atoms with Gasteiger partial charge in [-0.15, -0.1) is 0 Å². The molecule has 2 rings (SSSR count). The van der Waals surface area contributed by atoms with E-state index in [0.29, 0.717) is 19.7 Å². The van der Waals surface area contributed by atoms with E-state index in [2.05, 4.69) is 10.00 Å². The van der Waals surface area contributed by atoms with Crippen LogP contribution in [0.15, 0.2) is 30.5 Å². The first-order chi connectivity index (χ1) is 10.6. The van der Waals surface area contributed by atoms with E-state index in [9.17, 15) is 4.39 Å². The fourth-order valence-electron chi connectivity index (χ4n) is 2.32. The predicted octanol–water partition coefficient (Wildman–Crippen LogP) is 1.73. The van der Waals surface area contributed by atoms with Crippen molar-refractivity contribution >= 4 is 0 Å². The normalized spacial score (nSPS) is 11.3. The molecule has 1 aromatic heterocycles. The number of likely N-dealkylation sites (N-methyl/N-ethyl adjacent to an activating group) is 1. The molecule has 0 bridgehead atoms. The highest BCUT2D eigenvalue weighted by atomic mass is 19.1. The Balaban J connectivity index is 2.28. The van der Waals surface area contributed by atoms with Gasteiger partial charge in [0, 0.05) is 44.1 Å². The summed E-state index contributed by atoms with van der Waals surface area (Å²) in [6.45, 7) is 3.46. The lowest BCUT2D eigenvalue weighted by atomic mass is 10.1. The average molecular weight is 306 g/mol. The standard InChI is InChI=1S/C16H23FN4O/c1-20(8-7-18)11-14-12-21(9-10-22-2)19-16(14)13-3-5-15(17)6-4-13/h3-6,12H,7-11,18H2,1-2H3. The van der Waals surface area contributed by atoms with Gasteiger partial charge in [0.15, 0.2) is 0 Å². The lowest BCUT2D eigenvalue weighted by Gasteiger charge is -2.15. The van der Waals surface area contributed by atoms with Crippen molar-refractivity contribution in [3.05, 3.63) is 41.8 Å². The van der Waals surface area contributed by atoms with Crippen molar-refractivity contribution < 1.29 is 9.13 Å². The molecular weight excluding hydrogens is 283 g/mol. The summed E-state index contributed by atoms with van der Waals surface area (Å²) in [5.74, 6) is -0.246. The highest BCUT2D eigenvalue weighted by Crippen LogP contribution is 2.23. The number of ether oxygens (including phenoxy) is 1. The van der Waals surface area contributed by atoms with E-state index < -0.39 is 0 Å². The lowest BCUT2D eigenvalue weighted by molar-refractivity contribution is 0.183. The smallest absolute Gasteiger partial charge is 0.123 e. The Bertz CT molecular complexity index is 582. The van der Waals surface area contributed by atoms with E-state index in [1.807, 2.05) is 17.9 Å². The van der Waals surface area contributed by atoms with Gasteiger partial charge in [0.2, 0.25) is 0 Å². The van der Waals surface area contributed by atoms with Crippen LogP contribution >= 0.6 is 0 Å². The first kappa shape index (κ1) is 16.6. The zero-order valence-corrected chi connectivity index (χ0v) is 13.1. The molecule has 0 aliphatic rings. The molecule has 1 aromatic carbocycles. The fraction of sp³-hybridized carbons (Fsp3) is 0.438. The minimum absolute atomic E-state index is 0.246. The van der Waals surface area contributed by atoms with Crippen LogP contribution in [-0.2, 0) is 17.8 Å². The van der Waals surface area contributed by atoms with Crippen LogP contribution in [0, 0.1) is 5.82 Å². The lowest BCUT2D eigenvalue weighted by Crippen LogP contribution is -2.25. The van der Waals surface area contributed by atoms with Gasteiger partial charge in [-0.1, -0.05) is 0 Å². The van der Waals surface area contributed by atoms with Gasteiger partial charge in [-0.25, -0.2) is 4.39 Å². The van der Waals surface area contributed by atoms with Crippen LogP contribution in [0.1, 0.15) is 5.56 Å². The molecule has 5 nitrogen and oxygen atoms in total. The van der Waals surface area contributed by atoms with Crippen LogP contribution < -0.4 is 5.73 Å². The summed E-state index contributed by atoms with van der Waals surface area (Å²) in [4.78, 5) is 2.14. The molecule has 1 heterocycles. The number of hydrogen-bond donors (Lipinski definition) is 1. The van der Waals surface area contributed by atoms with Crippen LogP contribution in [-0.4, -0.2) is 48.5 Å². The largest absolute Gasteiger partial charge is 0.383 e. The second-order valence-electron chi connectivity index (χ2n) is 5.29. The summed E-state index contributed by atoms with van der Waals surface area (Å²) in [6, 6.07) is 6.42. The molecule has 6 heteroatoms. The molecule has 22 heavy (non-hydrogen) atoms. The van der Waals surface area contributed by atoms with Crippen molar-refractivity contribution in [2.75, 3.05) is 33.9 Å². The zero-order chi connectivity index (χ0) is 15.9. The Morgan fingerprint density at radius 3 is 2.68 bits per heavy atom. The van der Waals surface area contributed by atoms with Gasteiger partial charge in [-0.2, -0.15) is 5.10 Å². The van der Waals surface area contributed by atoms with Crippen molar-refractivity contribution in [1.82, 2.24) is 14.7 Å². The number of hydrogen-bond acceptors (Lipinski definition) is 4. The number of benzene rings is 1. The van der Waals surface area contributed by atoms with Crippen molar-refractivity contribution in [1.29, 1.82) is 0 Å². The first-order valence-electron chi connectivity index (χ1n) is 7.34. The number of halogens is 1. The van der Waals surface area contributed by atoms with E-state index in [1.165, 1.54) is 12.1 Å². The van der Waals surface area contributed by atoms with Crippen molar-refractivity contribution in [2.24, 2.45) is 5.73 Å². The first-order valence-corrected chi connectivity index (χ1v) is 7.34. The van der Waals surface area contributed by atoms with E-state index in [4.69, 9.17) is 10.5 Å². The van der Waals surface area contributed by atoms with E-state index >= 15 is 0 Å². The molecular formula is C16H23FN4O. The van der Waals surface area contributed by atoms with Crippen LogP contribution in [0.4, 0.5) is 4.39 Å². The van der Waals surface area contributed by atoms with Crippen LogP contribution in [0.5, 0.6) is 0 Å². The predicted molar refractivity (Wildman–Crippen MR) is 84.9 cm³/mol. The number of nitrogens with two attached hydrogens (primary N) is 1. The van der Waals surface area contributed by atoms with E-state index in [0.717, 1.165) is 29.9 Å². The molecule has 0 aliphatic carbocycles. The van der Waals surface area contributed by atoms with Gasteiger partial charge in [0.25, 0.3) is 0 Å². The SMILES string of the molecule is COCCn1cc(CN(C)CCN)c(-c2ccc(F)cc2)n1. The quantitative estimate of drug-likeness (QED) is 0.807. The van der Waals surface area contributed by atoms with Crippen molar-refractivity contribution in [3.63, 3.8) is 0 Å². The maximum atomic E-state index is 13.1. The highest BCUT2D eigenvalue weighted by Gasteiger charge is 2.13. The Hall–Kier alpha value is -1.76. The monoisotopic (exact) mass is 306 g/mol. The molecule has 120 valence electrons. The van der Waals surface area contributed by atoms with Gasteiger partial charge in [0.1, 0.15) is 5.82 Å². The Morgan fingerprint density at radius 2 is 2.05 bits per heavy atom. The van der Waals surface area contributed by atoms with E-state index in [-0.39, 0.29) is 5.82 Å². The van der Waals surface area contributed by atoms with Gasteiger partial charge in [-0.05, 0) is 31.3 Å². The molecule has 0 aliphatic heterocycles. The second kappa shape index (κ2) is 8.03. The summed E-state index contributed by atoms with van der Waals surface area (Å²) < 4.78 is 20.1. The molecule has 0 amide bonds. The molecule has 0 radical (unpaired) electrons. The molecule has 0 saturated carbocycles. The molecule has 0 saturated heterocycles. The Labute approximate surface area is 130 Å².